The first-order valence-corrected chi connectivity index (χ1v) is 4.17. The van der Waals surface area contributed by atoms with Gasteiger partial charge < -0.3 is 5.32 Å². The van der Waals surface area contributed by atoms with E-state index in [4.69, 9.17) is 0 Å². The van der Waals surface area contributed by atoms with Crippen molar-refractivity contribution < 1.29 is 9.18 Å². The van der Waals surface area contributed by atoms with E-state index >= 15 is 0 Å². The lowest BCUT2D eigenvalue weighted by Gasteiger charge is -1.98. The molecule has 1 fully saturated rings. The van der Waals surface area contributed by atoms with Crippen molar-refractivity contribution >= 4 is 5.91 Å². The number of hydrogen-bond donors (Lipinski definition) is 1. The number of nitrogens with zero attached hydrogens (tertiary/aromatic N) is 2. The molecule has 0 spiro atoms. The van der Waals surface area contributed by atoms with Gasteiger partial charge in [-0.2, -0.15) is 4.39 Å². The maximum atomic E-state index is 12.9. The number of amides is 1. The Bertz CT molecular complexity index is 343. The third-order valence-electron chi connectivity index (χ3n) is 1.94. The highest BCUT2D eigenvalue weighted by molar-refractivity contribution is 5.94. The molecule has 0 atom stereocenters. The van der Waals surface area contributed by atoms with Gasteiger partial charge in [-0.15, -0.1) is 5.10 Å². The average Bonchev–Trinajstić information content (AvgIpc) is 2.77. The van der Waals surface area contributed by atoms with Crippen molar-refractivity contribution in [2.45, 2.75) is 18.9 Å². The van der Waals surface area contributed by atoms with Crippen LogP contribution in [0, 0.1) is 5.95 Å². The van der Waals surface area contributed by atoms with E-state index in [2.05, 4.69) is 10.4 Å². The summed E-state index contributed by atoms with van der Waals surface area (Å²) in [5.41, 5.74) is 0.0226. The van der Waals surface area contributed by atoms with Crippen molar-refractivity contribution in [2.75, 3.05) is 0 Å². The summed E-state index contributed by atoms with van der Waals surface area (Å²) in [4.78, 5) is 11.3. The van der Waals surface area contributed by atoms with Crippen LogP contribution in [0.1, 0.15) is 23.2 Å². The van der Waals surface area contributed by atoms with Gasteiger partial charge in [0.15, 0.2) is 0 Å². The molecule has 0 aliphatic heterocycles. The van der Waals surface area contributed by atoms with Crippen LogP contribution in [0.2, 0.25) is 0 Å². The minimum Gasteiger partial charge on any atom is -0.349 e. The predicted molar refractivity (Wildman–Crippen MR) is 43.7 cm³/mol. The van der Waals surface area contributed by atoms with Gasteiger partial charge in [0.05, 0.1) is 0 Å². The monoisotopic (exact) mass is 183 g/mol. The molecule has 70 valence electrons. The van der Waals surface area contributed by atoms with Crippen molar-refractivity contribution in [3.05, 3.63) is 17.7 Å². The standard InChI is InChI=1S/C8H10FN3O/c1-12-4-6(7(9)11-12)8(13)10-5-2-3-5/h4-5H,2-3H2,1H3,(H,10,13). The number of aromatic nitrogens is 2. The molecular weight excluding hydrogens is 173 g/mol. The van der Waals surface area contributed by atoms with E-state index in [1.807, 2.05) is 0 Å². The second-order valence-corrected chi connectivity index (χ2v) is 3.25. The molecule has 13 heavy (non-hydrogen) atoms. The van der Waals surface area contributed by atoms with Crippen LogP contribution < -0.4 is 5.32 Å². The summed E-state index contributed by atoms with van der Waals surface area (Å²) in [6.45, 7) is 0. The number of nitrogens with one attached hydrogen (secondary N) is 1. The minimum atomic E-state index is -0.708. The third kappa shape index (κ3) is 1.68. The maximum absolute atomic E-state index is 12.9. The molecule has 1 aliphatic carbocycles. The van der Waals surface area contributed by atoms with Crippen molar-refractivity contribution in [1.82, 2.24) is 15.1 Å². The second kappa shape index (κ2) is 2.83. The van der Waals surface area contributed by atoms with Gasteiger partial charge in [0.25, 0.3) is 5.91 Å². The summed E-state index contributed by atoms with van der Waals surface area (Å²) < 4.78 is 14.2. The predicted octanol–water partition coefficient (Wildman–Crippen LogP) is 0.451. The number of aryl methyl sites for hydroxylation is 1. The Balaban J connectivity index is 2.13. The van der Waals surface area contributed by atoms with E-state index < -0.39 is 5.95 Å². The van der Waals surface area contributed by atoms with Crippen LogP contribution in [0.15, 0.2) is 6.20 Å². The Kier molecular flexibility index (Phi) is 1.79. The van der Waals surface area contributed by atoms with Crippen LogP contribution in [-0.2, 0) is 7.05 Å². The van der Waals surface area contributed by atoms with E-state index in [9.17, 15) is 9.18 Å². The molecule has 1 aromatic rings. The molecular formula is C8H10FN3O. The summed E-state index contributed by atoms with van der Waals surface area (Å²) in [7, 11) is 1.58. The Hall–Kier alpha value is -1.39. The van der Waals surface area contributed by atoms with E-state index in [1.165, 1.54) is 10.9 Å². The molecule has 1 heterocycles. The Morgan fingerprint density at radius 1 is 1.77 bits per heavy atom. The number of carbonyl (C=O) groups is 1. The highest BCUT2D eigenvalue weighted by atomic mass is 19.1. The van der Waals surface area contributed by atoms with Crippen LogP contribution in [0.3, 0.4) is 0 Å². The van der Waals surface area contributed by atoms with Crippen LogP contribution in [0.25, 0.3) is 0 Å². The lowest BCUT2D eigenvalue weighted by Crippen LogP contribution is -2.25. The maximum Gasteiger partial charge on any atom is 0.257 e. The van der Waals surface area contributed by atoms with Crippen molar-refractivity contribution in [1.29, 1.82) is 0 Å². The summed E-state index contributed by atoms with van der Waals surface area (Å²) in [5.74, 6) is -1.08. The summed E-state index contributed by atoms with van der Waals surface area (Å²) in [6.07, 6.45) is 3.37. The molecule has 1 N–H and O–H groups in total. The lowest BCUT2D eigenvalue weighted by molar-refractivity contribution is 0.0947. The molecule has 2 rings (SSSR count). The van der Waals surface area contributed by atoms with Crippen molar-refractivity contribution in [3.8, 4) is 0 Å². The highest BCUT2D eigenvalue weighted by Gasteiger charge is 2.25. The lowest BCUT2D eigenvalue weighted by atomic mass is 10.3. The van der Waals surface area contributed by atoms with E-state index in [0.29, 0.717) is 0 Å². The zero-order valence-corrected chi connectivity index (χ0v) is 7.25. The zero-order chi connectivity index (χ0) is 9.42. The Labute approximate surface area is 74.7 Å². The highest BCUT2D eigenvalue weighted by Crippen LogP contribution is 2.19. The molecule has 0 saturated heterocycles. The molecule has 1 saturated carbocycles. The summed E-state index contributed by atoms with van der Waals surface area (Å²) >= 11 is 0. The number of halogens is 1. The smallest absolute Gasteiger partial charge is 0.257 e. The van der Waals surface area contributed by atoms with Crippen LogP contribution in [-0.4, -0.2) is 21.7 Å². The first-order chi connectivity index (χ1) is 6.16. The fraction of sp³-hybridized carbons (Fsp3) is 0.500. The Morgan fingerprint density at radius 3 is 2.92 bits per heavy atom. The van der Waals surface area contributed by atoms with Gasteiger partial charge >= 0.3 is 0 Å². The third-order valence-corrected chi connectivity index (χ3v) is 1.94. The van der Waals surface area contributed by atoms with Gasteiger partial charge in [0.1, 0.15) is 5.56 Å². The van der Waals surface area contributed by atoms with Gasteiger partial charge in [-0.3, -0.25) is 9.48 Å². The van der Waals surface area contributed by atoms with E-state index in [-0.39, 0.29) is 17.5 Å². The molecule has 1 aromatic heterocycles. The molecule has 5 heteroatoms. The van der Waals surface area contributed by atoms with Gasteiger partial charge in [-0.25, -0.2) is 0 Å². The van der Waals surface area contributed by atoms with E-state index in [0.717, 1.165) is 12.8 Å². The summed E-state index contributed by atoms with van der Waals surface area (Å²) in [6, 6.07) is 0.243. The van der Waals surface area contributed by atoms with Crippen LogP contribution >= 0.6 is 0 Å². The minimum absolute atomic E-state index is 0.0226. The van der Waals surface area contributed by atoms with Gasteiger partial charge in [0, 0.05) is 19.3 Å². The topological polar surface area (TPSA) is 46.9 Å². The second-order valence-electron chi connectivity index (χ2n) is 3.25. The van der Waals surface area contributed by atoms with Crippen molar-refractivity contribution in [3.63, 3.8) is 0 Å². The molecule has 1 aliphatic rings. The number of hydrogen-bond acceptors (Lipinski definition) is 2. The van der Waals surface area contributed by atoms with Crippen LogP contribution in [0.5, 0.6) is 0 Å². The number of rotatable bonds is 2. The summed E-state index contributed by atoms with van der Waals surface area (Å²) in [5, 5.41) is 6.14. The number of carbonyl (C=O) groups excluding carboxylic acids is 1. The van der Waals surface area contributed by atoms with Gasteiger partial charge in [-0.1, -0.05) is 0 Å². The zero-order valence-electron chi connectivity index (χ0n) is 7.25. The molecule has 0 radical (unpaired) electrons. The van der Waals surface area contributed by atoms with Crippen LogP contribution in [0.4, 0.5) is 4.39 Å². The SMILES string of the molecule is Cn1cc(C(=O)NC2CC2)c(F)n1. The average molecular weight is 183 g/mol. The molecule has 1 amide bonds. The fourth-order valence-electron chi connectivity index (χ4n) is 1.10. The van der Waals surface area contributed by atoms with E-state index in [1.54, 1.807) is 7.05 Å². The van der Waals surface area contributed by atoms with Gasteiger partial charge in [0.2, 0.25) is 5.95 Å². The first-order valence-electron chi connectivity index (χ1n) is 4.17. The Morgan fingerprint density at radius 2 is 2.46 bits per heavy atom. The normalized spacial score (nSPS) is 15.8. The molecule has 0 unspecified atom stereocenters. The first kappa shape index (κ1) is 8.22. The molecule has 0 bridgehead atoms. The van der Waals surface area contributed by atoms with Gasteiger partial charge in [-0.05, 0) is 12.8 Å². The largest absolute Gasteiger partial charge is 0.349 e. The molecule has 0 aromatic carbocycles. The molecule has 4 nitrogen and oxygen atoms in total. The van der Waals surface area contributed by atoms with Crippen molar-refractivity contribution in [2.24, 2.45) is 7.05 Å². The quantitative estimate of drug-likeness (QED) is 0.723. The fourth-order valence-corrected chi connectivity index (χ4v) is 1.10.